The van der Waals surface area contributed by atoms with E-state index in [1.54, 1.807) is 0 Å². The summed E-state index contributed by atoms with van der Waals surface area (Å²) in [6, 6.07) is 0. The lowest BCUT2D eigenvalue weighted by Gasteiger charge is -2.56. The van der Waals surface area contributed by atoms with Crippen molar-refractivity contribution in [3.63, 3.8) is 0 Å². The second kappa shape index (κ2) is 7.99. The number of ketones is 1. The summed E-state index contributed by atoms with van der Waals surface area (Å²) < 4.78 is 11.6. The fraction of sp³-hybridized carbons (Fsp3) is 0.760. The molecule has 0 aromatic heterocycles. The largest absolute Gasteiger partial charge is 0.479 e. The number of carbonyl (C=O) groups is 2. The highest BCUT2D eigenvalue weighted by Gasteiger charge is 2.59. The highest BCUT2D eigenvalue weighted by atomic mass is 16.7. The van der Waals surface area contributed by atoms with Crippen molar-refractivity contribution in [1.29, 1.82) is 0 Å². The Kier molecular flexibility index (Phi) is 5.61. The lowest BCUT2D eigenvalue weighted by Crippen LogP contribution is -2.61. The van der Waals surface area contributed by atoms with Crippen LogP contribution in [0, 0.1) is 28.6 Å². The molecule has 2 saturated carbocycles. The van der Waals surface area contributed by atoms with E-state index in [0.717, 1.165) is 37.7 Å². The van der Waals surface area contributed by atoms with Crippen LogP contribution < -0.4 is 0 Å². The van der Waals surface area contributed by atoms with Gasteiger partial charge in [0, 0.05) is 6.42 Å². The number of hydrogen-bond acceptors (Lipinski definition) is 7. The molecule has 1 heterocycles. The highest BCUT2D eigenvalue weighted by Crippen LogP contribution is 2.64. The molecule has 0 unspecified atom stereocenters. The number of aliphatic hydroxyl groups is 3. The fourth-order valence-electron chi connectivity index (χ4n) is 7.50. The first-order valence-corrected chi connectivity index (χ1v) is 12.1. The first-order valence-electron chi connectivity index (χ1n) is 12.1. The molecule has 4 aliphatic carbocycles. The molecule has 8 nitrogen and oxygen atoms in total. The number of aliphatic hydroxyl groups excluding tert-OH is 3. The van der Waals surface area contributed by atoms with Gasteiger partial charge in [0.25, 0.3) is 0 Å². The van der Waals surface area contributed by atoms with Gasteiger partial charge in [-0.2, -0.15) is 0 Å². The second-order valence-corrected chi connectivity index (χ2v) is 11.1. The topological polar surface area (TPSA) is 134 Å². The van der Waals surface area contributed by atoms with Crippen LogP contribution >= 0.6 is 0 Å². The summed E-state index contributed by atoms with van der Waals surface area (Å²) in [7, 11) is 0. The normalized spacial score (nSPS) is 51.4. The molecule has 1 aliphatic heterocycles. The second-order valence-electron chi connectivity index (χ2n) is 11.1. The molecule has 0 bridgehead atoms. The molecular formula is C25H34O8. The van der Waals surface area contributed by atoms with Crippen LogP contribution in [0.1, 0.15) is 52.4 Å². The predicted octanol–water partition coefficient (Wildman–Crippen LogP) is 1.57. The van der Waals surface area contributed by atoms with Crippen molar-refractivity contribution in [3.05, 3.63) is 23.8 Å². The molecule has 11 atom stereocenters. The van der Waals surface area contributed by atoms with Gasteiger partial charge in [0.1, 0.15) is 18.3 Å². The number of carboxylic acid groups (broad SMARTS) is 1. The third-order valence-electron chi connectivity index (χ3n) is 9.54. The van der Waals surface area contributed by atoms with Crippen LogP contribution in [-0.4, -0.2) is 69.0 Å². The highest BCUT2D eigenvalue weighted by molar-refractivity contribution is 5.92. The quantitative estimate of drug-likeness (QED) is 0.497. The van der Waals surface area contributed by atoms with Crippen LogP contribution in [0.4, 0.5) is 0 Å². The van der Waals surface area contributed by atoms with Crippen LogP contribution in [0.2, 0.25) is 0 Å². The zero-order chi connectivity index (χ0) is 23.7. The van der Waals surface area contributed by atoms with Crippen molar-refractivity contribution in [3.8, 4) is 0 Å². The Balaban J connectivity index is 1.36. The summed E-state index contributed by atoms with van der Waals surface area (Å²) in [5.74, 6) is -0.0142. The number of fused-ring (bicyclic) bond motifs is 5. The van der Waals surface area contributed by atoms with E-state index in [0.29, 0.717) is 24.2 Å². The van der Waals surface area contributed by atoms with E-state index in [2.05, 4.69) is 26.0 Å². The molecule has 5 rings (SSSR count). The van der Waals surface area contributed by atoms with Crippen molar-refractivity contribution in [2.75, 3.05) is 0 Å². The predicted molar refractivity (Wildman–Crippen MR) is 116 cm³/mol. The van der Waals surface area contributed by atoms with Crippen LogP contribution in [-0.2, 0) is 19.1 Å². The fourth-order valence-corrected chi connectivity index (χ4v) is 7.50. The van der Waals surface area contributed by atoms with E-state index in [4.69, 9.17) is 9.47 Å². The van der Waals surface area contributed by atoms with Crippen molar-refractivity contribution in [2.45, 2.75) is 89.2 Å². The van der Waals surface area contributed by atoms with E-state index in [9.17, 15) is 30.0 Å². The zero-order valence-corrected chi connectivity index (χ0v) is 19.1. The lowest BCUT2D eigenvalue weighted by molar-refractivity contribution is -0.312. The van der Waals surface area contributed by atoms with Crippen molar-refractivity contribution >= 4 is 11.8 Å². The number of ether oxygens (including phenoxy) is 2. The molecule has 182 valence electrons. The van der Waals surface area contributed by atoms with Gasteiger partial charge in [-0.1, -0.05) is 26.0 Å². The first-order chi connectivity index (χ1) is 15.6. The molecule has 1 saturated heterocycles. The van der Waals surface area contributed by atoms with Gasteiger partial charge in [-0.05, 0) is 72.3 Å². The average Bonchev–Trinajstić information content (AvgIpc) is 3.10. The van der Waals surface area contributed by atoms with Gasteiger partial charge in [-0.25, -0.2) is 4.79 Å². The summed E-state index contributed by atoms with van der Waals surface area (Å²) in [6.07, 6.45) is 3.17. The molecule has 0 radical (unpaired) electrons. The van der Waals surface area contributed by atoms with Crippen LogP contribution in [0.15, 0.2) is 23.8 Å². The Morgan fingerprint density at radius 1 is 1.06 bits per heavy atom. The average molecular weight is 463 g/mol. The van der Waals surface area contributed by atoms with Gasteiger partial charge >= 0.3 is 5.97 Å². The van der Waals surface area contributed by atoms with Gasteiger partial charge in [0.2, 0.25) is 0 Å². The van der Waals surface area contributed by atoms with Crippen LogP contribution in [0.25, 0.3) is 0 Å². The molecule has 33 heavy (non-hydrogen) atoms. The molecule has 5 aliphatic rings. The van der Waals surface area contributed by atoms with Gasteiger partial charge in [-0.15, -0.1) is 0 Å². The smallest absolute Gasteiger partial charge is 0.335 e. The summed E-state index contributed by atoms with van der Waals surface area (Å²) in [6.45, 7) is 4.50. The van der Waals surface area contributed by atoms with Crippen LogP contribution in [0.5, 0.6) is 0 Å². The first kappa shape index (κ1) is 23.2. The Labute approximate surface area is 193 Å². The van der Waals surface area contributed by atoms with E-state index < -0.39 is 36.7 Å². The minimum atomic E-state index is -1.72. The minimum absolute atomic E-state index is 0.00519. The summed E-state index contributed by atoms with van der Waals surface area (Å²) in [4.78, 5) is 23.4. The Morgan fingerprint density at radius 2 is 1.82 bits per heavy atom. The van der Waals surface area contributed by atoms with E-state index in [1.807, 2.05) is 6.08 Å². The molecule has 3 fully saturated rings. The molecular weight excluding hydrogens is 428 g/mol. The van der Waals surface area contributed by atoms with Gasteiger partial charge < -0.3 is 29.9 Å². The van der Waals surface area contributed by atoms with Crippen LogP contribution in [0.3, 0.4) is 0 Å². The summed E-state index contributed by atoms with van der Waals surface area (Å²) >= 11 is 0. The number of hydrogen-bond donors (Lipinski definition) is 4. The Morgan fingerprint density at radius 3 is 2.55 bits per heavy atom. The van der Waals surface area contributed by atoms with Gasteiger partial charge in [0.15, 0.2) is 18.2 Å². The number of rotatable bonds is 3. The van der Waals surface area contributed by atoms with Gasteiger partial charge in [-0.3, -0.25) is 4.79 Å². The maximum atomic E-state index is 12.0. The Bertz CT molecular complexity index is 897. The SMILES string of the molecule is C[C@]12CC[C@H]3[C@@H](C=CC4=CC(=O)CC[C@@]43C)[C@@H]1CC[C@@H]2O[C@@H]1O[C@H](C(=O)O)[C@@H](O)[C@H](O)[C@H]1O. The molecule has 0 amide bonds. The number of allylic oxidation sites excluding steroid dienone is 4. The molecule has 0 aromatic rings. The summed E-state index contributed by atoms with van der Waals surface area (Å²) in [5, 5.41) is 39.9. The standard InChI is InChI=1S/C25H34O8/c1-24-9-7-13(26)11-12(24)3-4-14-15-5-6-17(25(15,2)10-8-16(14)24)32-23-20(29)18(27)19(28)21(33-23)22(30)31/h3-4,11,14-21,23,27-29H,5-10H2,1-2H3,(H,30,31)/t14-,15-,16-,17-,18-,19-,20+,21-,23+,24-,25-/m0/s1. The maximum Gasteiger partial charge on any atom is 0.335 e. The minimum Gasteiger partial charge on any atom is -0.479 e. The van der Waals surface area contributed by atoms with E-state index in [1.165, 1.54) is 0 Å². The van der Waals surface area contributed by atoms with Crippen molar-refractivity contribution in [1.82, 2.24) is 0 Å². The third kappa shape index (κ3) is 3.45. The third-order valence-corrected chi connectivity index (χ3v) is 9.54. The molecule has 0 aromatic carbocycles. The number of carbonyl (C=O) groups excluding carboxylic acids is 1. The van der Waals surface area contributed by atoms with E-state index in [-0.39, 0.29) is 22.7 Å². The van der Waals surface area contributed by atoms with Gasteiger partial charge in [0.05, 0.1) is 6.10 Å². The molecule has 4 N–H and O–H groups in total. The molecule has 8 heteroatoms. The summed E-state index contributed by atoms with van der Waals surface area (Å²) in [5.41, 5.74) is 0.974. The monoisotopic (exact) mass is 462 g/mol. The number of aliphatic carboxylic acids is 1. The number of carboxylic acids is 1. The molecule has 0 spiro atoms. The van der Waals surface area contributed by atoms with Crippen molar-refractivity contribution < 1.29 is 39.5 Å². The van der Waals surface area contributed by atoms with Crippen molar-refractivity contribution in [2.24, 2.45) is 28.6 Å². The van der Waals surface area contributed by atoms with E-state index >= 15 is 0 Å². The Hall–Kier alpha value is -1.58. The maximum absolute atomic E-state index is 12.0. The zero-order valence-electron chi connectivity index (χ0n) is 19.1. The lowest BCUT2D eigenvalue weighted by atomic mass is 9.49.